The second-order valence-corrected chi connectivity index (χ2v) is 2.78. The maximum Gasteiger partial charge on any atom is 0.417 e. The maximum absolute atomic E-state index is 11.4. The monoisotopic (exact) mass is 196 g/mol. The lowest BCUT2D eigenvalue weighted by Gasteiger charge is -2.23. The molecule has 1 N–H and O–H groups in total. The molecule has 14 heavy (non-hydrogen) atoms. The molecule has 6 heteroatoms. The smallest absolute Gasteiger partial charge is 0.276 e. The van der Waals surface area contributed by atoms with Crippen molar-refractivity contribution in [3.05, 3.63) is 5.57 Å². The zero-order valence-electron chi connectivity index (χ0n) is 8.12. The predicted molar refractivity (Wildman–Crippen MR) is 47.0 cm³/mol. The van der Waals surface area contributed by atoms with Crippen LogP contribution in [0.15, 0.2) is 5.57 Å². The van der Waals surface area contributed by atoms with Crippen LogP contribution in [0, 0.1) is 0 Å². The molecule has 1 aliphatic rings. The van der Waals surface area contributed by atoms with E-state index in [0.29, 0.717) is 0 Å². The molecule has 0 aromatic rings. The number of amidine groups is 1. The number of carbonyl (C=O) groups excluding carboxylic acids is 3. The van der Waals surface area contributed by atoms with Crippen LogP contribution < -0.4 is 4.99 Å². The molecule has 1 saturated heterocycles. The fourth-order valence-corrected chi connectivity index (χ4v) is 1.23. The van der Waals surface area contributed by atoms with Gasteiger partial charge in [-0.2, -0.15) is 4.90 Å². The van der Waals surface area contributed by atoms with Gasteiger partial charge in [-0.25, -0.2) is 14.5 Å². The quantitative estimate of drug-likeness (QED) is 0.340. The Balaban J connectivity index is 3.30. The number of nitrogens with one attached hydrogen (secondary N) is 1. The van der Waals surface area contributed by atoms with Crippen LogP contribution in [0.25, 0.3) is 0 Å². The van der Waals surface area contributed by atoms with Crippen molar-refractivity contribution < 1.29 is 19.4 Å². The number of rotatable bonds is 0. The van der Waals surface area contributed by atoms with Crippen LogP contribution in [0.5, 0.6) is 0 Å². The van der Waals surface area contributed by atoms with E-state index in [4.69, 9.17) is 0 Å². The van der Waals surface area contributed by atoms with Gasteiger partial charge in [0.1, 0.15) is 5.94 Å². The Morgan fingerprint density at radius 3 is 2.21 bits per heavy atom. The summed E-state index contributed by atoms with van der Waals surface area (Å²) >= 11 is 0. The van der Waals surface area contributed by atoms with Crippen LogP contribution in [0.4, 0.5) is 4.79 Å². The van der Waals surface area contributed by atoms with Crippen molar-refractivity contribution in [2.45, 2.75) is 0 Å². The summed E-state index contributed by atoms with van der Waals surface area (Å²) in [6.07, 6.45) is 0. The summed E-state index contributed by atoms with van der Waals surface area (Å²) in [7, 11) is 4.30. The zero-order valence-corrected chi connectivity index (χ0v) is 8.12. The molecule has 3 amide bonds. The Bertz CT molecular complexity index is 379. The Kier molecular flexibility index (Phi) is 2.49. The molecule has 0 aliphatic carbocycles. The van der Waals surface area contributed by atoms with Crippen LogP contribution in [0.1, 0.15) is 0 Å². The number of carbonyl (C=O) groups is 2. The summed E-state index contributed by atoms with van der Waals surface area (Å²) < 4.78 is 0. The van der Waals surface area contributed by atoms with Crippen LogP contribution in [0.3, 0.4) is 0 Å². The minimum Gasteiger partial charge on any atom is -0.276 e. The van der Waals surface area contributed by atoms with Gasteiger partial charge in [-0.3, -0.25) is 9.79 Å². The minimum atomic E-state index is -0.646. The van der Waals surface area contributed by atoms with Crippen molar-refractivity contribution in [3.8, 4) is 0 Å². The number of nitrogens with zero attached hydrogens (tertiary/aromatic N) is 2. The minimum absolute atomic E-state index is 0.169. The van der Waals surface area contributed by atoms with Crippen LogP contribution in [-0.4, -0.2) is 54.7 Å². The number of hydrogen-bond acceptors (Lipinski definition) is 3. The Morgan fingerprint density at radius 1 is 1.21 bits per heavy atom. The molecule has 0 aromatic carbocycles. The lowest BCUT2D eigenvalue weighted by Crippen LogP contribution is -2.76. The van der Waals surface area contributed by atoms with E-state index >= 15 is 0 Å². The lowest BCUT2D eigenvalue weighted by molar-refractivity contribution is -0.424. The van der Waals surface area contributed by atoms with Gasteiger partial charge < -0.3 is 0 Å². The van der Waals surface area contributed by atoms with Gasteiger partial charge in [0.05, 0.1) is 14.1 Å². The molecular weight excluding hydrogens is 186 g/mol. The van der Waals surface area contributed by atoms with Crippen molar-refractivity contribution >= 4 is 23.7 Å². The third-order valence-electron chi connectivity index (χ3n) is 2.00. The lowest BCUT2D eigenvalue weighted by atomic mass is 10.2. The van der Waals surface area contributed by atoms with E-state index in [9.17, 15) is 14.4 Å². The summed E-state index contributed by atoms with van der Waals surface area (Å²) in [5.74, 6) is 1.05. The van der Waals surface area contributed by atoms with Gasteiger partial charge in [-0.05, 0) is 0 Å². The average Bonchev–Trinajstić information content (AvgIpc) is 2.20. The normalized spacial score (nSPS) is 20.5. The highest BCUT2D eigenvalue weighted by atomic mass is 16.2. The van der Waals surface area contributed by atoms with Gasteiger partial charge in [0, 0.05) is 7.05 Å². The first-order valence-electron chi connectivity index (χ1n) is 3.90. The summed E-state index contributed by atoms with van der Waals surface area (Å²) in [5, 5.41) is 0. The van der Waals surface area contributed by atoms with Gasteiger partial charge >= 0.3 is 11.9 Å². The number of hydrogen-bond donors (Lipinski definition) is 1. The number of urea groups is 1. The molecule has 1 rings (SSSR count). The van der Waals surface area contributed by atoms with Crippen LogP contribution in [0.2, 0.25) is 0 Å². The first kappa shape index (κ1) is 10.1. The molecule has 6 nitrogen and oxygen atoms in total. The molecule has 0 aromatic heterocycles. The van der Waals surface area contributed by atoms with Crippen molar-refractivity contribution in [2.24, 2.45) is 0 Å². The molecule has 1 aliphatic heterocycles. The first-order chi connectivity index (χ1) is 6.54. The third-order valence-corrected chi connectivity index (χ3v) is 2.00. The second-order valence-electron chi connectivity index (χ2n) is 2.78. The van der Waals surface area contributed by atoms with E-state index in [1.807, 2.05) is 0 Å². The van der Waals surface area contributed by atoms with Crippen molar-refractivity contribution in [1.82, 2.24) is 9.80 Å². The topological polar surface area (TPSA) is 71.7 Å². The fraction of sp³-hybridized carbons (Fsp3) is 0.375. The molecule has 0 radical (unpaired) electrons. The molecular formula is C8H10N3O3+. The highest BCUT2D eigenvalue weighted by Gasteiger charge is 2.43. The van der Waals surface area contributed by atoms with Gasteiger partial charge in [0.25, 0.3) is 5.91 Å². The highest BCUT2D eigenvalue weighted by Crippen LogP contribution is 2.09. The largest absolute Gasteiger partial charge is 0.417 e. The predicted octanol–water partition coefficient (Wildman–Crippen LogP) is -2.62. The van der Waals surface area contributed by atoms with E-state index in [1.165, 1.54) is 32.0 Å². The average molecular weight is 196 g/mol. The van der Waals surface area contributed by atoms with Crippen molar-refractivity contribution in [3.63, 3.8) is 0 Å². The van der Waals surface area contributed by atoms with E-state index in [0.717, 1.165) is 4.90 Å². The van der Waals surface area contributed by atoms with Gasteiger partial charge in [0.2, 0.25) is 5.57 Å². The number of imide groups is 1. The summed E-state index contributed by atoms with van der Waals surface area (Å²) in [4.78, 5) is 38.0. The van der Waals surface area contributed by atoms with E-state index in [-0.39, 0.29) is 11.4 Å². The van der Waals surface area contributed by atoms with E-state index in [2.05, 4.69) is 4.99 Å². The molecule has 1 fully saturated rings. The van der Waals surface area contributed by atoms with E-state index < -0.39 is 11.9 Å². The van der Waals surface area contributed by atoms with Crippen molar-refractivity contribution in [2.75, 3.05) is 21.1 Å². The SMILES string of the molecule is C[NH+]=C1C(=C=O)C(=O)N(C)C(=O)N1C. The Labute approximate surface area is 80.5 Å². The zero-order chi connectivity index (χ0) is 10.9. The van der Waals surface area contributed by atoms with Gasteiger partial charge in [-0.1, -0.05) is 0 Å². The van der Waals surface area contributed by atoms with Crippen LogP contribution in [-0.2, 0) is 9.59 Å². The van der Waals surface area contributed by atoms with Gasteiger partial charge in [0.15, 0.2) is 0 Å². The highest BCUT2D eigenvalue weighted by molar-refractivity contribution is 6.32. The molecule has 0 bridgehead atoms. The summed E-state index contributed by atoms with van der Waals surface area (Å²) in [6, 6.07) is -0.488. The van der Waals surface area contributed by atoms with Gasteiger partial charge in [-0.15, -0.1) is 0 Å². The summed E-state index contributed by atoms with van der Waals surface area (Å²) in [5.41, 5.74) is -0.169. The molecule has 0 unspecified atom stereocenters. The second kappa shape index (κ2) is 3.43. The third kappa shape index (κ3) is 1.22. The van der Waals surface area contributed by atoms with Crippen molar-refractivity contribution in [1.29, 1.82) is 0 Å². The molecule has 0 atom stereocenters. The molecule has 0 spiro atoms. The van der Waals surface area contributed by atoms with E-state index in [1.54, 1.807) is 0 Å². The fourth-order valence-electron chi connectivity index (χ4n) is 1.23. The summed E-state index contributed by atoms with van der Waals surface area (Å²) in [6.45, 7) is 0. The maximum atomic E-state index is 11.4. The molecule has 1 heterocycles. The Hall–Kier alpha value is -1.94. The molecule has 0 saturated carbocycles. The molecule has 74 valence electrons. The van der Waals surface area contributed by atoms with Crippen LogP contribution >= 0.6 is 0 Å². The Morgan fingerprint density at radius 2 is 1.79 bits per heavy atom. The number of amides is 3. The first-order valence-corrected chi connectivity index (χ1v) is 3.90. The number of likely N-dealkylation sites (N-methyl/N-ethyl adjacent to an activating group) is 2. The standard InChI is InChI=1S/C8H9N3O3/c1-9-6-5(4-12)7(13)11(3)8(14)10(6)2/h1-3H3/p+1.